The minimum absolute atomic E-state index is 0.207. The van der Waals surface area contributed by atoms with Crippen LogP contribution in [0.4, 0.5) is 15.9 Å². The number of fused-ring (bicyclic) bond motifs is 4. The van der Waals surface area contributed by atoms with Crippen LogP contribution in [0.1, 0.15) is 30.6 Å². The van der Waals surface area contributed by atoms with Crippen LogP contribution >= 0.6 is 0 Å². The normalized spacial score (nSPS) is 20.7. The number of para-hydroxylation sites is 1. The van der Waals surface area contributed by atoms with Crippen molar-refractivity contribution in [1.29, 1.82) is 0 Å². The number of nitrogens with one attached hydrogen (secondary N) is 1. The first kappa shape index (κ1) is 20.2. The third-order valence-electron chi connectivity index (χ3n) is 6.67. The number of rotatable bonds is 5. The highest BCUT2D eigenvalue weighted by molar-refractivity contribution is 5.94. The maximum absolute atomic E-state index is 14.0. The molecule has 0 aliphatic carbocycles. The molecule has 2 saturated heterocycles. The number of ether oxygens (including phenoxy) is 2. The van der Waals surface area contributed by atoms with E-state index in [9.17, 15) is 4.39 Å². The zero-order chi connectivity index (χ0) is 22.7. The quantitative estimate of drug-likeness (QED) is 0.481. The molecule has 4 aromatic rings. The Morgan fingerprint density at radius 1 is 1.27 bits per heavy atom. The van der Waals surface area contributed by atoms with Crippen LogP contribution in [0, 0.1) is 12.7 Å². The predicted octanol–water partition coefficient (Wildman–Crippen LogP) is 4.38. The van der Waals surface area contributed by atoms with E-state index in [4.69, 9.17) is 18.9 Å². The van der Waals surface area contributed by atoms with Gasteiger partial charge in [0.25, 0.3) is 0 Å². The summed E-state index contributed by atoms with van der Waals surface area (Å²) in [6.45, 7) is 5.39. The molecule has 2 unspecified atom stereocenters. The molecule has 0 spiro atoms. The van der Waals surface area contributed by atoms with E-state index in [0.717, 1.165) is 47.1 Å². The first-order valence-electron chi connectivity index (χ1n) is 11.1. The fourth-order valence-corrected chi connectivity index (χ4v) is 5.00. The number of halogens is 1. The molecule has 170 valence electrons. The molecule has 8 nitrogen and oxygen atoms in total. The van der Waals surface area contributed by atoms with Crippen molar-refractivity contribution in [3.05, 3.63) is 47.6 Å². The van der Waals surface area contributed by atoms with Crippen LogP contribution in [-0.2, 0) is 4.74 Å². The molecule has 0 radical (unpaired) electrons. The highest BCUT2D eigenvalue weighted by Crippen LogP contribution is 2.40. The van der Waals surface area contributed by atoms with Gasteiger partial charge in [0, 0.05) is 17.5 Å². The third-order valence-corrected chi connectivity index (χ3v) is 6.67. The molecule has 0 amide bonds. The van der Waals surface area contributed by atoms with Gasteiger partial charge in [0.05, 0.1) is 43.0 Å². The number of methoxy groups -OCH3 is 1. The van der Waals surface area contributed by atoms with Crippen LogP contribution in [0.3, 0.4) is 0 Å². The Balaban J connectivity index is 1.43. The van der Waals surface area contributed by atoms with E-state index in [1.165, 1.54) is 0 Å². The van der Waals surface area contributed by atoms with Crippen molar-refractivity contribution in [2.75, 3.05) is 30.5 Å². The third kappa shape index (κ3) is 3.18. The lowest BCUT2D eigenvalue weighted by Gasteiger charge is -2.30. The summed E-state index contributed by atoms with van der Waals surface area (Å²) in [6.07, 6.45) is 2.40. The van der Waals surface area contributed by atoms with Gasteiger partial charge in [-0.1, -0.05) is 12.1 Å². The number of aromatic nitrogens is 3. The molecule has 2 fully saturated rings. The highest BCUT2D eigenvalue weighted by atomic mass is 19.1. The topological polar surface area (TPSA) is 85.5 Å². The summed E-state index contributed by atoms with van der Waals surface area (Å²) < 4.78 is 31.0. The van der Waals surface area contributed by atoms with Gasteiger partial charge in [-0.2, -0.15) is 5.10 Å². The lowest BCUT2D eigenvalue weighted by atomic mass is 10.1. The summed E-state index contributed by atoms with van der Waals surface area (Å²) >= 11 is 0. The molecule has 9 heteroatoms. The molecule has 33 heavy (non-hydrogen) atoms. The number of aryl methyl sites for hydroxylation is 1. The lowest BCUT2D eigenvalue weighted by Crippen LogP contribution is -2.37. The second-order valence-corrected chi connectivity index (χ2v) is 8.72. The Morgan fingerprint density at radius 2 is 2.15 bits per heavy atom. The predicted molar refractivity (Wildman–Crippen MR) is 122 cm³/mol. The zero-order valence-electron chi connectivity index (χ0n) is 18.6. The Kier molecular flexibility index (Phi) is 4.62. The average Bonchev–Trinajstić information content (AvgIpc) is 3.56. The molecule has 1 N–H and O–H groups in total. The number of hydrogen-bond acceptors (Lipinski definition) is 8. The molecular formula is C24H24FN5O3. The zero-order valence-corrected chi connectivity index (χ0v) is 18.6. The minimum Gasteiger partial charge on any atom is -0.480 e. The van der Waals surface area contributed by atoms with Crippen LogP contribution in [0.25, 0.3) is 21.9 Å². The molecule has 2 aliphatic heterocycles. The van der Waals surface area contributed by atoms with E-state index in [2.05, 4.69) is 26.5 Å². The van der Waals surface area contributed by atoms with Crippen LogP contribution in [0.5, 0.6) is 5.88 Å². The fourth-order valence-electron chi connectivity index (χ4n) is 5.00. The van der Waals surface area contributed by atoms with E-state index in [0.29, 0.717) is 35.3 Å². The van der Waals surface area contributed by atoms with Gasteiger partial charge in [0.2, 0.25) is 5.88 Å². The summed E-state index contributed by atoms with van der Waals surface area (Å²) in [6, 6.07) is 7.64. The summed E-state index contributed by atoms with van der Waals surface area (Å²) in [5.41, 5.74) is 3.73. The van der Waals surface area contributed by atoms with Crippen LogP contribution in [0.15, 0.2) is 34.9 Å². The Bertz CT molecular complexity index is 1370. The van der Waals surface area contributed by atoms with Crippen LogP contribution in [0.2, 0.25) is 0 Å². The molecule has 2 aliphatic rings. The SMILES string of the molecule is COc1nc2c(C)nnc(N[C@H](C)c3cccc4c(F)coc34)c2cc1N1CC2CC1CO2. The van der Waals surface area contributed by atoms with Gasteiger partial charge in [-0.15, -0.1) is 5.10 Å². The number of morpholine rings is 1. The minimum atomic E-state index is -0.371. The van der Waals surface area contributed by atoms with Crippen molar-refractivity contribution in [2.24, 2.45) is 0 Å². The maximum atomic E-state index is 14.0. The molecule has 1 aromatic carbocycles. The van der Waals surface area contributed by atoms with Gasteiger partial charge >= 0.3 is 0 Å². The molecule has 2 bridgehead atoms. The largest absolute Gasteiger partial charge is 0.480 e. The van der Waals surface area contributed by atoms with Gasteiger partial charge in [0.1, 0.15) is 23.1 Å². The van der Waals surface area contributed by atoms with Gasteiger partial charge in [-0.3, -0.25) is 0 Å². The molecule has 5 heterocycles. The monoisotopic (exact) mass is 449 g/mol. The van der Waals surface area contributed by atoms with E-state index in [1.54, 1.807) is 13.2 Å². The molecular weight excluding hydrogens is 425 g/mol. The Morgan fingerprint density at radius 3 is 2.91 bits per heavy atom. The van der Waals surface area contributed by atoms with Gasteiger partial charge < -0.3 is 24.1 Å². The van der Waals surface area contributed by atoms with Crippen LogP contribution < -0.4 is 15.0 Å². The standard InChI is InChI=1S/C24H24FN5O3/c1-12(16-5-4-6-17-19(25)11-33-22(16)17)26-23-18-8-20(30-9-15-7-14(30)10-32-15)24(31-3)27-21(18)13(2)28-29-23/h4-6,8,11-12,14-15H,7,9-10H2,1-3H3,(H,26,29)/t12-,14?,15?/m1/s1. The van der Waals surface area contributed by atoms with Crippen LogP contribution in [-0.4, -0.2) is 47.6 Å². The second-order valence-electron chi connectivity index (χ2n) is 8.72. The van der Waals surface area contributed by atoms with Crippen molar-refractivity contribution in [3.63, 3.8) is 0 Å². The molecule has 0 saturated carbocycles. The number of furan rings is 1. The number of benzene rings is 1. The first-order chi connectivity index (χ1) is 16.0. The van der Waals surface area contributed by atoms with E-state index < -0.39 is 0 Å². The average molecular weight is 449 g/mol. The highest BCUT2D eigenvalue weighted by Gasteiger charge is 2.40. The lowest BCUT2D eigenvalue weighted by molar-refractivity contribution is 0.0989. The van der Waals surface area contributed by atoms with Gasteiger partial charge in [-0.25, -0.2) is 9.37 Å². The number of hydrogen-bond donors (Lipinski definition) is 1. The number of pyridine rings is 1. The van der Waals surface area contributed by atoms with Gasteiger partial charge in [-0.05, 0) is 32.4 Å². The fraction of sp³-hybridized carbons (Fsp3) is 0.375. The maximum Gasteiger partial charge on any atom is 0.237 e. The summed E-state index contributed by atoms with van der Waals surface area (Å²) in [5.74, 6) is 0.801. The first-order valence-corrected chi connectivity index (χ1v) is 11.1. The van der Waals surface area contributed by atoms with E-state index in [1.807, 2.05) is 26.0 Å². The number of anilines is 2. The summed E-state index contributed by atoms with van der Waals surface area (Å²) in [7, 11) is 1.64. The van der Waals surface area contributed by atoms with Gasteiger partial charge in [0.15, 0.2) is 11.6 Å². The van der Waals surface area contributed by atoms with Crippen molar-refractivity contribution in [2.45, 2.75) is 38.5 Å². The molecule has 3 aromatic heterocycles. The van der Waals surface area contributed by atoms with Crippen molar-refractivity contribution < 1.29 is 18.3 Å². The smallest absolute Gasteiger partial charge is 0.237 e. The molecule has 3 atom stereocenters. The van der Waals surface area contributed by atoms with Crippen molar-refractivity contribution >= 4 is 33.4 Å². The summed E-state index contributed by atoms with van der Waals surface area (Å²) in [5, 5.41) is 13.5. The number of nitrogens with zero attached hydrogens (tertiary/aromatic N) is 4. The van der Waals surface area contributed by atoms with E-state index >= 15 is 0 Å². The Hall–Kier alpha value is -3.46. The Labute approximate surface area is 189 Å². The van der Waals surface area contributed by atoms with E-state index in [-0.39, 0.29) is 18.0 Å². The molecule has 6 rings (SSSR count). The van der Waals surface area contributed by atoms with Crippen molar-refractivity contribution in [3.8, 4) is 5.88 Å². The second kappa shape index (κ2) is 7.55. The summed E-state index contributed by atoms with van der Waals surface area (Å²) in [4.78, 5) is 7.11. The van der Waals surface area contributed by atoms with Crippen molar-refractivity contribution in [1.82, 2.24) is 15.2 Å².